The molecule has 124 valence electrons. The minimum Gasteiger partial charge on any atom is -0.393 e. The van der Waals surface area contributed by atoms with Crippen LogP contribution in [0.1, 0.15) is 47.2 Å². The number of likely N-dealkylation sites (tertiary alicyclic amines) is 1. The van der Waals surface area contributed by atoms with E-state index in [1.807, 2.05) is 31.7 Å². The number of hydrogen-bond donors (Lipinski definition) is 1. The fraction of sp³-hybridized carbons (Fsp3) is 0.588. The van der Waals surface area contributed by atoms with Gasteiger partial charge in [0.2, 0.25) is 0 Å². The van der Waals surface area contributed by atoms with Crippen LogP contribution in [0.5, 0.6) is 0 Å². The van der Waals surface area contributed by atoms with Gasteiger partial charge in [0.25, 0.3) is 5.91 Å². The number of fused-ring (bicyclic) bond motifs is 1. The van der Waals surface area contributed by atoms with E-state index in [1.54, 1.807) is 11.4 Å². The molecular formula is C17H24N4O2. The van der Waals surface area contributed by atoms with E-state index in [1.165, 1.54) is 0 Å². The summed E-state index contributed by atoms with van der Waals surface area (Å²) in [6.07, 6.45) is 1.50. The van der Waals surface area contributed by atoms with Gasteiger partial charge in [0.15, 0.2) is 5.65 Å². The van der Waals surface area contributed by atoms with Crippen molar-refractivity contribution in [2.24, 2.45) is 5.92 Å². The van der Waals surface area contributed by atoms with Crippen LogP contribution in [0.25, 0.3) is 5.65 Å². The summed E-state index contributed by atoms with van der Waals surface area (Å²) in [5, 5.41) is 14.3. The third-order valence-corrected chi connectivity index (χ3v) is 4.71. The second kappa shape index (κ2) is 5.92. The lowest BCUT2D eigenvalue weighted by molar-refractivity contribution is 0.0467. The first-order valence-electron chi connectivity index (χ1n) is 8.19. The Hall–Kier alpha value is -1.95. The Morgan fingerprint density at radius 3 is 2.83 bits per heavy atom. The van der Waals surface area contributed by atoms with Crippen molar-refractivity contribution in [2.75, 3.05) is 13.1 Å². The normalized spacial score (nSPS) is 20.0. The molecule has 2 aromatic heterocycles. The standard InChI is InChI=1S/C17H24N4O2/c1-10-8-11(2)21-16(18-10)15(12(3)19-21)17(23)20-7-5-6-14(9-20)13(4)22/h8,13-14,22H,5-7,9H2,1-4H3. The first-order valence-corrected chi connectivity index (χ1v) is 8.19. The van der Waals surface area contributed by atoms with E-state index in [-0.39, 0.29) is 11.8 Å². The molecule has 2 unspecified atom stereocenters. The lowest BCUT2D eigenvalue weighted by Crippen LogP contribution is -2.43. The number of aromatic nitrogens is 3. The van der Waals surface area contributed by atoms with Crippen LogP contribution in [0.2, 0.25) is 0 Å². The Morgan fingerprint density at radius 2 is 2.13 bits per heavy atom. The van der Waals surface area contributed by atoms with Gasteiger partial charge in [-0.2, -0.15) is 5.10 Å². The average molecular weight is 316 g/mol. The molecule has 1 fully saturated rings. The van der Waals surface area contributed by atoms with Gasteiger partial charge in [-0.15, -0.1) is 0 Å². The van der Waals surface area contributed by atoms with Gasteiger partial charge in [0.05, 0.1) is 11.8 Å². The maximum Gasteiger partial charge on any atom is 0.259 e. The van der Waals surface area contributed by atoms with Gasteiger partial charge in [0.1, 0.15) is 5.56 Å². The monoisotopic (exact) mass is 316 g/mol. The summed E-state index contributed by atoms with van der Waals surface area (Å²) in [5.74, 6) is 0.117. The van der Waals surface area contributed by atoms with Crippen LogP contribution in [-0.4, -0.2) is 49.7 Å². The summed E-state index contributed by atoms with van der Waals surface area (Å²) in [6, 6.07) is 1.96. The number of piperidine rings is 1. The molecule has 2 aromatic rings. The van der Waals surface area contributed by atoms with Gasteiger partial charge in [-0.05, 0) is 46.6 Å². The SMILES string of the molecule is Cc1cc(C)n2nc(C)c(C(=O)N3CCCC(C(C)O)C3)c2n1. The van der Waals surface area contributed by atoms with Gasteiger partial charge in [-0.25, -0.2) is 9.50 Å². The second-order valence-corrected chi connectivity index (χ2v) is 6.63. The zero-order valence-corrected chi connectivity index (χ0v) is 14.2. The number of aliphatic hydroxyl groups is 1. The van der Waals surface area contributed by atoms with Crippen molar-refractivity contribution < 1.29 is 9.90 Å². The smallest absolute Gasteiger partial charge is 0.259 e. The lowest BCUT2D eigenvalue weighted by Gasteiger charge is -2.34. The molecule has 3 rings (SSSR count). The molecule has 0 radical (unpaired) electrons. The van der Waals surface area contributed by atoms with Crippen molar-refractivity contribution in [1.82, 2.24) is 19.5 Å². The number of rotatable bonds is 2. The molecule has 0 bridgehead atoms. The Kier molecular flexibility index (Phi) is 4.10. The van der Waals surface area contributed by atoms with Gasteiger partial charge >= 0.3 is 0 Å². The van der Waals surface area contributed by atoms with Crippen LogP contribution in [0.3, 0.4) is 0 Å². The quantitative estimate of drug-likeness (QED) is 0.918. The van der Waals surface area contributed by atoms with Crippen molar-refractivity contribution in [3.05, 3.63) is 28.7 Å². The summed E-state index contributed by atoms with van der Waals surface area (Å²) in [7, 11) is 0. The van der Waals surface area contributed by atoms with Crippen molar-refractivity contribution in [1.29, 1.82) is 0 Å². The molecule has 0 saturated carbocycles. The van der Waals surface area contributed by atoms with Gasteiger partial charge < -0.3 is 10.0 Å². The van der Waals surface area contributed by atoms with Crippen LogP contribution < -0.4 is 0 Å². The zero-order chi connectivity index (χ0) is 16.7. The molecule has 23 heavy (non-hydrogen) atoms. The minimum atomic E-state index is -0.391. The van der Waals surface area contributed by atoms with Crippen LogP contribution in [0, 0.1) is 26.7 Å². The third kappa shape index (κ3) is 2.83. The summed E-state index contributed by atoms with van der Waals surface area (Å²) < 4.78 is 1.74. The van der Waals surface area contributed by atoms with Crippen molar-refractivity contribution in [3.63, 3.8) is 0 Å². The Morgan fingerprint density at radius 1 is 1.39 bits per heavy atom. The molecule has 6 nitrogen and oxygen atoms in total. The van der Waals surface area contributed by atoms with Crippen LogP contribution in [0.4, 0.5) is 0 Å². The molecule has 0 aromatic carbocycles. The molecular weight excluding hydrogens is 292 g/mol. The highest BCUT2D eigenvalue weighted by Crippen LogP contribution is 2.24. The highest BCUT2D eigenvalue weighted by Gasteiger charge is 2.30. The summed E-state index contributed by atoms with van der Waals surface area (Å²) >= 11 is 0. The van der Waals surface area contributed by atoms with E-state index in [0.717, 1.165) is 30.8 Å². The molecule has 1 N–H and O–H groups in total. The number of aliphatic hydroxyl groups excluding tert-OH is 1. The fourth-order valence-corrected chi connectivity index (χ4v) is 3.42. The van der Waals surface area contributed by atoms with Crippen molar-refractivity contribution >= 4 is 11.6 Å². The number of hydrogen-bond acceptors (Lipinski definition) is 4. The van der Waals surface area contributed by atoms with E-state index in [4.69, 9.17) is 0 Å². The average Bonchev–Trinajstić information content (AvgIpc) is 2.83. The summed E-state index contributed by atoms with van der Waals surface area (Å²) in [4.78, 5) is 19.4. The lowest BCUT2D eigenvalue weighted by atomic mass is 9.93. The highest BCUT2D eigenvalue weighted by atomic mass is 16.3. The Bertz CT molecular complexity index is 751. The van der Waals surface area contributed by atoms with E-state index in [9.17, 15) is 9.90 Å². The second-order valence-electron chi connectivity index (χ2n) is 6.63. The van der Waals surface area contributed by atoms with Crippen molar-refractivity contribution in [2.45, 2.75) is 46.6 Å². The molecule has 1 aliphatic heterocycles. The predicted octanol–water partition coefficient (Wildman–Crippen LogP) is 1.89. The largest absolute Gasteiger partial charge is 0.393 e. The molecule has 3 heterocycles. The zero-order valence-electron chi connectivity index (χ0n) is 14.2. The fourth-order valence-electron chi connectivity index (χ4n) is 3.42. The molecule has 6 heteroatoms. The third-order valence-electron chi connectivity index (χ3n) is 4.71. The first kappa shape index (κ1) is 15.9. The van der Waals surface area contributed by atoms with Crippen LogP contribution in [-0.2, 0) is 0 Å². The van der Waals surface area contributed by atoms with Crippen LogP contribution >= 0.6 is 0 Å². The van der Waals surface area contributed by atoms with Crippen LogP contribution in [0.15, 0.2) is 6.07 Å². The topological polar surface area (TPSA) is 70.7 Å². The van der Waals surface area contributed by atoms with E-state index in [0.29, 0.717) is 23.4 Å². The predicted molar refractivity (Wildman–Crippen MR) is 87.5 cm³/mol. The van der Waals surface area contributed by atoms with Crippen molar-refractivity contribution in [3.8, 4) is 0 Å². The van der Waals surface area contributed by atoms with Gasteiger partial charge in [-0.1, -0.05) is 0 Å². The Labute approximate surface area is 136 Å². The summed E-state index contributed by atoms with van der Waals surface area (Å²) in [5.41, 5.74) is 3.77. The molecule has 2 atom stereocenters. The maximum absolute atomic E-state index is 13.0. The number of aryl methyl sites for hydroxylation is 3. The maximum atomic E-state index is 13.0. The van der Waals surface area contributed by atoms with E-state index in [2.05, 4.69) is 10.1 Å². The number of carbonyl (C=O) groups excluding carboxylic acids is 1. The first-order chi connectivity index (χ1) is 10.9. The number of amides is 1. The summed E-state index contributed by atoms with van der Waals surface area (Å²) in [6.45, 7) is 8.86. The molecule has 0 spiro atoms. The highest BCUT2D eigenvalue weighted by molar-refractivity contribution is 6.01. The van der Waals surface area contributed by atoms with E-state index >= 15 is 0 Å². The van der Waals surface area contributed by atoms with Gasteiger partial charge in [0, 0.05) is 30.4 Å². The molecule has 0 aliphatic carbocycles. The number of carbonyl (C=O) groups is 1. The molecule has 1 aliphatic rings. The minimum absolute atomic E-state index is 0.0275. The Balaban J connectivity index is 1.99. The van der Waals surface area contributed by atoms with E-state index < -0.39 is 6.10 Å². The molecule has 1 amide bonds. The molecule has 1 saturated heterocycles. The number of nitrogens with zero attached hydrogens (tertiary/aromatic N) is 4. The van der Waals surface area contributed by atoms with Gasteiger partial charge in [-0.3, -0.25) is 4.79 Å².